The summed E-state index contributed by atoms with van der Waals surface area (Å²) in [5, 5.41) is 2.71. The molecule has 26 heavy (non-hydrogen) atoms. The minimum absolute atomic E-state index is 0.0324. The molecule has 0 aliphatic rings. The van der Waals surface area contributed by atoms with E-state index in [9.17, 15) is 9.59 Å². The maximum absolute atomic E-state index is 12.2. The first-order valence-corrected chi connectivity index (χ1v) is 8.38. The highest BCUT2D eigenvalue weighted by atomic mass is 16.5. The fraction of sp³-hybridized carbons (Fsp3) is 0.300. The fourth-order valence-corrected chi connectivity index (χ4v) is 2.34. The number of esters is 1. The van der Waals surface area contributed by atoms with Crippen LogP contribution in [0.15, 0.2) is 48.5 Å². The summed E-state index contributed by atoms with van der Waals surface area (Å²) < 4.78 is 15.8. The van der Waals surface area contributed by atoms with Gasteiger partial charge >= 0.3 is 5.97 Å². The van der Waals surface area contributed by atoms with Crippen molar-refractivity contribution >= 4 is 17.6 Å². The number of carbonyl (C=O) groups is 2. The van der Waals surface area contributed by atoms with E-state index in [1.807, 2.05) is 19.1 Å². The first kappa shape index (κ1) is 19.3. The monoisotopic (exact) mass is 357 g/mol. The highest BCUT2D eigenvalue weighted by Crippen LogP contribution is 2.19. The van der Waals surface area contributed by atoms with Crippen molar-refractivity contribution in [1.82, 2.24) is 0 Å². The van der Waals surface area contributed by atoms with Gasteiger partial charge in [-0.1, -0.05) is 18.2 Å². The van der Waals surface area contributed by atoms with E-state index < -0.39 is 18.0 Å². The van der Waals surface area contributed by atoms with Crippen LogP contribution in [0.2, 0.25) is 0 Å². The van der Waals surface area contributed by atoms with Crippen LogP contribution in [0, 0.1) is 0 Å². The van der Waals surface area contributed by atoms with Crippen LogP contribution in [0.4, 0.5) is 5.69 Å². The molecular formula is C20H23NO5. The molecule has 1 atom stereocenters. The number of anilines is 1. The van der Waals surface area contributed by atoms with E-state index >= 15 is 0 Å². The van der Waals surface area contributed by atoms with E-state index in [0.717, 1.165) is 5.75 Å². The van der Waals surface area contributed by atoms with E-state index in [0.29, 0.717) is 23.6 Å². The molecule has 0 fully saturated rings. The zero-order valence-electron chi connectivity index (χ0n) is 15.2. The van der Waals surface area contributed by atoms with Crippen LogP contribution >= 0.6 is 0 Å². The van der Waals surface area contributed by atoms with E-state index in [4.69, 9.17) is 14.2 Å². The second kappa shape index (κ2) is 9.46. The predicted octanol–water partition coefficient (Wildman–Crippen LogP) is 3.21. The molecule has 2 rings (SSSR count). The number of benzene rings is 2. The van der Waals surface area contributed by atoms with Crippen molar-refractivity contribution in [2.45, 2.75) is 26.4 Å². The SMILES string of the molecule is CCOc1ccc(NC(=O)[C@@H](C)OC(=O)Cc2ccccc2OC)cc1. The van der Waals surface area contributed by atoms with Crippen LogP contribution in [-0.4, -0.2) is 31.7 Å². The van der Waals surface area contributed by atoms with E-state index in [-0.39, 0.29) is 6.42 Å². The van der Waals surface area contributed by atoms with E-state index in [1.54, 1.807) is 36.4 Å². The van der Waals surface area contributed by atoms with Crippen molar-refractivity contribution in [2.75, 3.05) is 19.0 Å². The van der Waals surface area contributed by atoms with Gasteiger partial charge in [-0.3, -0.25) is 9.59 Å². The summed E-state index contributed by atoms with van der Waals surface area (Å²) in [7, 11) is 1.54. The summed E-state index contributed by atoms with van der Waals surface area (Å²) in [5.74, 6) is 0.434. The Morgan fingerprint density at radius 3 is 2.42 bits per heavy atom. The lowest BCUT2D eigenvalue weighted by Crippen LogP contribution is -2.30. The number of hydrogen-bond donors (Lipinski definition) is 1. The molecule has 2 aromatic rings. The molecule has 2 aromatic carbocycles. The van der Waals surface area contributed by atoms with E-state index in [1.165, 1.54) is 14.0 Å². The highest BCUT2D eigenvalue weighted by molar-refractivity contribution is 5.95. The second-order valence-electron chi connectivity index (χ2n) is 5.57. The third kappa shape index (κ3) is 5.51. The van der Waals surface area contributed by atoms with Crippen molar-refractivity contribution in [3.63, 3.8) is 0 Å². The fourth-order valence-electron chi connectivity index (χ4n) is 2.34. The summed E-state index contributed by atoms with van der Waals surface area (Å²) in [6.07, 6.45) is -0.881. The Bertz CT molecular complexity index is 742. The van der Waals surface area contributed by atoms with Crippen LogP contribution in [-0.2, 0) is 20.7 Å². The van der Waals surface area contributed by atoms with Gasteiger partial charge in [0.1, 0.15) is 11.5 Å². The van der Waals surface area contributed by atoms with Gasteiger partial charge in [0.15, 0.2) is 6.10 Å². The van der Waals surface area contributed by atoms with Crippen molar-refractivity contribution < 1.29 is 23.8 Å². The van der Waals surface area contributed by atoms with Crippen LogP contribution in [0.3, 0.4) is 0 Å². The van der Waals surface area contributed by atoms with Crippen LogP contribution < -0.4 is 14.8 Å². The average molecular weight is 357 g/mol. The molecule has 0 radical (unpaired) electrons. The van der Waals surface area contributed by atoms with Gasteiger partial charge in [-0.25, -0.2) is 0 Å². The Kier molecular flexibility index (Phi) is 7.02. The lowest BCUT2D eigenvalue weighted by molar-refractivity contribution is -0.152. The van der Waals surface area contributed by atoms with Gasteiger partial charge in [0.25, 0.3) is 5.91 Å². The minimum Gasteiger partial charge on any atom is -0.496 e. The zero-order valence-corrected chi connectivity index (χ0v) is 15.2. The topological polar surface area (TPSA) is 73.9 Å². The Balaban J connectivity index is 1.88. The first-order chi connectivity index (χ1) is 12.5. The Morgan fingerprint density at radius 2 is 1.77 bits per heavy atom. The van der Waals surface area contributed by atoms with Crippen molar-refractivity contribution in [2.24, 2.45) is 0 Å². The summed E-state index contributed by atoms with van der Waals surface area (Å²) in [4.78, 5) is 24.3. The minimum atomic E-state index is -0.913. The molecular weight excluding hydrogens is 334 g/mol. The Hall–Kier alpha value is -3.02. The predicted molar refractivity (Wildman–Crippen MR) is 98.5 cm³/mol. The lowest BCUT2D eigenvalue weighted by Gasteiger charge is -2.14. The van der Waals surface area contributed by atoms with Crippen molar-refractivity contribution in [1.29, 1.82) is 0 Å². The standard InChI is InChI=1S/C20H23NO5/c1-4-25-17-11-9-16(10-12-17)21-20(23)14(2)26-19(22)13-15-7-5-6-8-18(15)24-3/h5-12,14H,4,13H2,1-3H3,(H,21,23)/t14-/m1/s1. The van der Waals surface area contributed by atoms with Gasteiger partial charge in [0, 0.05) is 11.3 Å². The Morgan fingerprint density at radius 1 is 1.08 bits per heavy atom. The van der Waals surface area contributed by atoms with Gasteiger partial charge in [-0.05, 0) is 44.2 Å². The van der Waals surface area contributed by atoms with Gasteiger partial charge < -0.3 is 19.5 Å². The van der Waals surface area contributed by atoms with Gasteiger partial charge in [-0.15, -0.1) is 0 Å². The van der Waals surface area contributed by atoms with Crippen LogP contribution in [0.1, 0.15) is 19.4 Å². The molecule has 6 heteroatoms. The summed E-state index contributed by atoms with van der Waals surface area (Å²) >= 11 is 0. The van der Waals surface area contributed by atoms with Crippen molar-refractivity contribution in [3.05, 3.63) is 54.1 Å². The molecule has 0 saturated carbocycles. The third-order valence-corrected chi connectivity index (χ3v) is 3.64. The second-order valence-corrected chi connectivity index (χ2v) is 5.57. The molecule has 0 aliphatic heterocycles. The first-order valence-electron chi connectivity index (χ1n) is 8.38. The number of carbonyl (C=O) groups excluding carboxylic acids is 2. The number of ether oxygens (including phenoxy) is 3. The molecule has 0 saturated heterocycles. The van der Waals surface area contributed by atoms with Gasteiger partial charge in [-0.2, -0.15) is 0 Å². The summed E-state index contributed by atoms with van der Waals surface area (Å²) in [6.45, 7) is 4.01. The van der Waals surface area contributed by atoms with E-state index in [2.05, 4.69) is 5.32 Å². The molecule has 0 heterocycles. The smallest absolute Gasteiger partial charge is 0.311 e. The number of rotatable bonds is 8. The number of amides is 1. The molecule has 0 bridgehead atoms. The molecule has 1 N–H and O–H groups in total. The molecule has 0 aliphatic carbocycles. The third-order valence-electron chi connectivity index (χ3n) is 3.64. The summed E-state index contributed by atoms with van der Waals surface area (Å²) in [5.41, 5.74) is 1.31. The molecule has 0 unspecified atom stereocenters. The van der Waals surface area contributed by atoms with Crippen LogP contribution in [0.5, 0.6) is 11.5 Å². The zero-order chi connectivity index (χ0) is 18.9. The molecule has 0 spiro atoms. The normalized spacial score (nSPS) is 11.3. The maximum Gasteiger partial charge on any atom is 0.311 e. The number of methoxy groups -OCH3 is 1. The molecule has 138 valence electrons. The van der Waals surface area contributed by atoms with Gasteiger partial charge in [0.2, 0.25) is 0 Å². The van der Waals surface area contributed by atoms with Crippen LogP contribution in [0.25, 0.3) is 0 Å². The number of hydrogen-bond acceptors (Lipinski definition) is 5. The number of para-hydroxylation sites is 1. The lowest BCUT2D eigenvalue weighted by atomic mass is 10.1. The molecule has 6 nitrogen and oxygen atoms in total. The highest BCUT2D eigenvalue weighted by Gasteiger charge is 2.19. The summed E-state index contributed by atoms with van der Waals surface area (Å²) in [6, 6.07) is 14.2. The molecule has 0 aromatic heterocycles. The number of nitrogens with one attached hydrogen (secondary N) is 1. The van der Waals surface area contributed by atoms with Crippen molar-refractivity contribution in [3.8, 4) is 11.5 Å². The quantitative estimate of drug-likeness (QED) is 0.735. The average Bonchev–Trinajstić information content (AvgIpc) is 2.63. The van der Waals surface area contributed by atoms with Gasteiger partial charge in [0.05, 0.1) is 20.1 Å². The maximum atomic E-state index is 12.2. The molecule has 1 amide bonds. The largest absolute Gasteiger partial charge is 0.496 e. The Labute approximate surface area is 153 Å².